The lowest BCUT2D eigenvalue weighted by atomic mass is 10.1. The Morgan fingerprint density at radius 1 is 1.12 bits per heavy atom. The molecule has 9 heteroatoms. The summed E-state index contributed by atoms with van der Waals surface area (Å²) in [5.41, 5.74) is 1.54. The molecule has 1 aliphatic carbocycles. The Morgan fingerprint density at radius 2 is 1.91 bits per heavy atom. The number of aryl methyl sites for hydroxylation is 2. The number of carbonyl (C=O) groups is 1. The zero-order valence-corrected chi connectivity index (χ0v) is 18.9. The number of hydrogen-bond donors (Lipinski definition) is 0. The van der Waals surface area contributed by atoms with Gasteiger partial charge in [0.15, 0.2) is 22.6 Å². The minimum absolute atomic E-state index is 0.0629. The largest absolute Gasteiger partial charge is 0.293 e. The average molecular weight is 489 g/mol. The van der Waals surface area contributed by atoms with Crippen LogP contribution in [0.1, 0.15) is 27.2 Å². The lowest BCUT2D eigenvalue weighted by molar-refractivity contribution is 0.102. The van der Waals surface area contributed by atoms with Crippen LogP contribution >= 0.6 is 34.7 Å². The topological polar surface area (TPSA) is 52.0 Å². The molecule has 4 nitrogen and oxygen atoms in total. The molecule has 162 valence electrons. The smallest absolute Gasteiger partial charge is 0.267 e. The van der Waals surface area contributed by atoms with E-state index in [0.29, 0.717) is 26.1 Å². The fourth-order valence-electron chi connectivity index (χ4n) is 3.82. The van der Waals surface area contributed by atoms with Gasteiger partial charge in [-0.3, -0.25) is 14.2 Å². The molecule has 4 aromatic rings. The Kier molecular flexibility index (Phi) is 5.61. The van der Waals surface area contributed by atoms with Crippen molar-refractivity contribution < 1.29 is 13.6 Å². The fraction of sp³-hybridized carbons (Fsp3) is 0.174. The minimum Gasteiger partial charge on any atom is -0.293 e. The third-order valence-corrected chi connectivity index (χ3v) is 7.74. The Bertz CT molecular complexity index is 1430. The highest BCUT2D eigenvalue weighted by molar-refractivity contribution is 7.99. The molecule has 0 bridgehead atoms. The maximum absolute atomic E-state index is 13.6. The van der Waals surface area contributed by atoms with Gasteiger partial charge in [0.1, 0.15) is 4.83 Å². The van der Waals surface area contributed by atoms with Crippen molar-refractivity contribution in [1.29, 1.82) is 0 Å². The molecule has 0 spiro atoms. The molecule has 32 heavy (non-hydrogen) atoms. The number of halogens is 3. The van der Waals surface area contributed by atoms with Gasteiger partial charge in [-0.1, -0.05) is 23.4 Å². The third-order valence-electron chi connectivity index (χ3n) is 5.37. The molecule has 0 saturated heterocycles. The van der Waals surface area contributed by atoms with Crippen LogP contribution in [0.15, 0.2) is 52.4 Å². The Balaban J connectivity index is 1.57. The number of nitrogens with zero attached hydrogens (tertiary/aromatic N) is 2. The SMILES string of the molecule is O=C(CSc1nc2sc3c(c2c(=O)n1-c1ccc(Cl)cc1)CCC3)c1ccc(F)c(F)c1. The molecule has 0 aliphatic heterocycles. The molecule has 2 heterocycles. The number of thioether (sulfide) groups is 1. The number of Topliss-reactive ketones (excluding diaryl/α,β-unsaturated/α-hetero) is 1. The van der Waals surface area contributed by atoms with Crippen molar-refractivity contribution in [3.63, 3.8) is 0 Å². The number of thiophene rings is 1. The monoisotopic (exact) mass is 488 g/mol. The molecule has 0 N–H and O–H groups in total. The van der Waals surface area contributed by atoms with Crippen LogP contribution < -0.4 is 5.56 Å². The quantitative estimate of drug-likeness (QED) is 0.201. The minimum atomic E-state index is -1.08. The summed E-state index contributed by atoms with van der Waals surface area (Å²) in [7, 11) is 0. The van der Waals surface area contributed by atoms with Gasteiger partial charge in [0.05, 0.1) is 16.8 Å². The first-order valence-corrected chi connectivity index (χ1v) is 12.0. The average Bonchev–Trinajstić information content (AvgIpc) is 3.36. The van der Waals surface area contributed by atoms with Crippen LogP contribution in [0.3, 0.4) is 0 Å². The first-order valence-electron chi connectivity index (χ1n) is 9.86. The first-order chi connectivity index (χ1) is 15.4. The molecule has 1 aliphatic rings. The molecule has 0 fully saturated rings. The molecule has 0 amide bonds. The van der Waals surface area contributed by atoms with E-state index in [2.05, 4.69) is 0 Å². The molecule has 2 aromatic carbocycles. The standard InChI is InChI=1S/C23H15ClF2N2O2S2/c24-13-5-7-14(8-6-13)28-22(30)20-15-2-1-3-19(15)32-21(20)27-23(28)31-11-18(29)12-4-9-16(25)17(26)10-12/h4-10H,1-3,11H2. The summed E-state index contributed by atoms with van der Waals surface area (Å²) in [6, 6.07) is 9.88. The number of benzene rings is 2. The van der Waals surface area contributed by atoms with Crippen LogP contribution in [0, 0.1) is 11.6 Å². The molecule has 0 atom stereocenters. The van der Waals surface area contributed by atoms with Crippen LogP contribution in [-0.4, -0.2) is 21.1 Å². The Morgan fingerprint density at radius 3 is 2.66 bits per heavy atom. The predicted octanol–water partition coefficient (Wildman–Crippen LogP) is 5.84. The van der Waals surface area contributed by atoms with Crippen molar-refractivity contribution in [2.45, 2.75) is 24.4 Å². The van der Waals surface area contributed by atoms with Gasteiger partial charge in [-0.05, 0) is 67.3 Å². The van der Waals surface area contributed by atoms with Gasteiger partial charge >= 0.3 is 0 Å². The van der Waals surface area contributed by atoms with Gasteiger partial charge in [-0.15, -0.1) is 11.3 Å². The van der Waals surface area contributed by atoms with Crippen molar-refractivity contribution in [1.82, 2.24) is 9.55 Å². The van der Waals surface area contributed by atoms with E-state index in [1.165, 1.54) is 26.8 Å². The van der Waals surface area contributed by atoms with E-state index in [4.69, 9.17) is 16.6 Å². The summed E-state index contributed by atoms with van der Waals surface area (Å²) in [6.07, 6.45) is 2.82. The molecule has 5 rings (SSSR count). The van der Waals surface area contributed by atoms with Crippen molar-refractivity contribution in [3.05, 3.63) is 85.5 Å². The highest BCUT2D eigenvalue weighted by Crippen LogP contribution is 2.36. The normalized spacial score (nSPS) is 13.0. The number of fused-ring (bicyclic) bond motifs is 3. The maximum Gasteiger partial charge on any atom is 0.267 e. The summed E-state index contributed by atoms with van der Waals surface area (Å²) in [6.45, 7) is 0. The molecule has 0 radical (unpaired) electrons. The zero-order chi connectivity index (χ0) is 22.4. The molecule has 0 unspecified atom stereocenters. The molecular formula is C23H15ClF2N2O2S2. The number of aromatic nitrogens is 2. The number of rotatable bonds is 5. The van der Waals surface area contributed by atoms with Gasteiger partial charge < -0.3 is 0 Å². The maximum atomic E-state index is 13.6. The predicted molar refractivity (Wildman–Crippen MR) is 124 cm³/mol. The second-order valence-corrected chi connectivity index (χ2v) is 9.85. The van der Waals surface area contributed by atoms with E-state index >= 15 is 0 Å². The van der Waals surface area contributed by atoms with Gasteiger partial charge in [0, 0.05) is 15.5 Å². The lowest BCUT2D eigenvalue weighted by Gasteiger charge is -2.12. The molecular weight excluding hydrogens is 474 g/mol. The fourth-order valence-corrected chi connectivity index (χ4v) is 6.16. The van der Waals surface area contributed by atoms with Crippen molar-refractivity contribution >= 4 is 50.7 Å². The van der Waals surface area contributed by atoms with E-state index in [9.17, 15) is 18.4 Å². The summed E-state index contributed by atoms with van der Waals surface area (Å²) in [4.78, 5) is 32.7. The zero-order valence-electron chi connectivity index (χ0n) is 16.5. The Hall–Kier alpha value is -2.55. The summed E-state index contributed by atoms with van der Waals surface area (Å²) < 4.78 is 28.2. The van der Waals surface area contributed by atoms with Gasteiger partial charge in [0.2, 0.25) is 0 Å². The van der Waals surface area contributed by atoms with E-state index in [1.807, 2.05) is 0 Å². The van der Waals surface area contributed by atoms with Gasteiger partial charge in [0.25, 0.3) is 5.56 Å². The second-order valence-electron chi connectivity index (χ2n) is 7.39. The van der Waals surface area contributed by atoms with Gasteiger partial charge in [-0.25, -0.2) is 13.8 Å². The third kappa shape index (κ3) is 3.76. The number of carbonyl (C=O) groups excluding carboxylic acids is 1. The highest BCUT2D eigenvalue weighted by Gasteiger charge is 2.24. The first kappa shape index (κ1) is 21.3. The highest BCUT2D eigenvalue weighted by atomic mass is 35.5. The molecule has 0 saturated carbocycles. The van der Waals surface area contributed by atoms with Gasteiger partial charge in [-0.2, -0.15) is 0 Å². The summed E-state index contributed by atoms with van der Waals surface area (Å²) >= 11 is 8.63. The second kappa shape index (κ2) is 8.42. The lowest BCUT2D eigenvalue weighted by Crippen LogP contribution is -2.22. The van der Waals surface area contributed by atoms with E-state index < -0.39 is 11.6 Å². The van der Waals surface area contributed by atoms with Crippen LogP contribution in [0.25, 0.3) is 15.9 Å². The van der Waals surface area contributed by atoms with E-state index in [-0.39, 0.29) is 22.7 Å². The Labute approximate surface area is 194 Å². The van der Waals surface area contributed by atoms with Crippen molar-refractivity contribution in [2.24, 2.45) is 0 Å². The van der Waals surface area contributed by atoms with Crippen molar-refractivity contribution in [3.8, 4) is 5.69 Å². The van der Waals surface area contributed by atoms with Crippen LogP contribution in [0.4, 0.5) is 8.78 Å². The van der Waals surface area contributed by atoms with Crippen LogP contribution in [-0.2, 0) is 12.8 Å². The van der Waals surface area contributed by atoms with E-state index in [0.717, 1.165) is 48.7 Å². The van der Waals surface area contributed by atoms with Crippen LogP contribution in [0.5, 0.6) is 0 Å². The van der Waals surface area contributed by atoms with E-state index in [1.54, 1.807) is 24.3 Å². The number of ketones is 1. The number of hydrogen-bond acceptors (Lipinski definition) is 5. The molecule has 2 aromatic heterocycles. The summed E-state index contributed by atoms with van der Waals surface area (Å²) in [5, 5.41) is 1.53. The summed E-state index contributed by atoms with van der Waals surface area (Å²) in [5.74, 6) is -2.56. The van der Waals surface area contributed by atoms with Crippen LogP contribution in [0.2, 0.25) is 5.02 Å². The van der Waals surface area contributed by atoms with Crippen molar-refractivity contribution in [2.75, 3.05) is 5.75 Å².